The van der Waals surface area contributed by atoms with Crippen LogP contribution >= 0.6 is 0 Å². The number of carbonyl (C=O) groups is 4. The molecule has 0 aromatic carbocycles. The van der Waals surface area contributed by atoms with Gasteiger partial charge in [-0.3, -0.25) is 14.4 Å². The maximum atomic E-state index is 11.2. The Morgan fingerprint density at radius 2 is 1.71 bits per heavy atom. The highest BCUT2D eigenvalue weighted by Crippen LogP contribution is 2.12. The van der Waals surface area contributed by atoms with E-state index >= 15 is 0 Å². The van der Waals surface area contributed by atoms with E-state index in [9.17, 15) is 19.2 Å². The highest BCUT2D eigenvalue weighted by Gasteiger charge is 2.32. The third-order valence-electron chi connectivity index (χ3n) is 1.93. The lowest BCUT2D eigenvalue weighted by atomic mass is 9.72. The summed E-state index contributed by atoms with van der Waals surface area (Å²) in [6, 6.07) is 0. The summed E-state index contributed by atoms with van der Waals surface area (Å²) in [6.45, 7) is 0. The van der Waals surface area contributed by atoms with Crippen LogP contribution in [0.2, 0.25) is 0 Å². The molecule has 0 N–H and O–H groups in total. The van der Waals surface area contributed by atoms with E-state index in [-0.39, 0.29) is 25.7 Å². The van der Waals surface area contributed by atoms with Crippen LogP contribution in [0.25, 0.3) is 0 Å². The van der Waals surface area contributed by atoms with Crippen LogP contribution in [-0.2, 0) is 28.7 Å². The average Bonchev–Trinajstić information content (AvgIpc) is 2.58. The number of rotatable bonds is 5. The van der Waals surface area contributed by atoms with Crippen molar-refractivity contribution in [3.8, 4) is 0 Å². The van der Waals surface area contributed by atoms with Crippen LogP contribution in [0.15, 0.2) is 0 Å². The third-order valence-corrected chi connectivity index (χ3v) is 1.93. The third kappa shape index (κ3) is 3.93. The first-order valence-corrected chi connectivity index (χ1v) is 4.84. The molecule has 7 nitrogen and oxygen atoms in total. The summed E-state index contributed by atoms with van der Waals surface area (Å²) in [7, 11) is 5.52. The van der Waals surface area contributed by atoms with E-state index in [0.29, 0.717) is 12.4 Å². The van der Waals surface area contributed by atoms with Gasteiger partial charge in [-0.2, -0.15) is 0 Å². The fourth-order valence-electron chi connectivity index (χ4n) is 1.14. The van der Waals surface area contributed by atoms with Crippen molar-refractivity contribution in [2.75, 3.05) is 0 Å². The quantitative estimate of drug-likeness (QED) is 0.431. The monoisotopic (exact) mass is 236 g/mol. The van der Waals surface area contributed by atoms with Gasteiger partial charge in [0.15, 0.2) is 0 Å². The molecule has 1 saturated heterocycles. The standard InChI is InChI=1S/C8H8B2NO6/c9-10-16-7(14)3-4-8(15)17-11-5(12)1-2-6(11)13/h1-4H2. The smallest absolute Gasteiger partial charge is 0.333 e. The molecule has 0 aromatic heterocycles. The minimum atomic E-state index is -0.859. The molecule has 0 saturated carbocycles. The second-order valence-corrected chi connectivity index (χ2v) is 3.17. The first-order valence-electron chi connectivity index (χ1n) is 4.84. The van der Waals surface area contributed by atoms with Crippen LogP contribution < -0.4 is 0 Å². The van der Waals surface area contributed by atoms with Gasteiger partial charge in [-0.15, -0.1) is 5.06 Å². The van der Waals surface area contributed by atoms with Gasteiger partial charge in [0.2, 0.25) is 0 Å². The van der Waals surface area contributed by atoms with Gasteiger partial charge in [0.05, 0.1) is 20.6 Å². The normalized spacial score (nSPS) is 14.7. The van der Waals surface area contributed by atoms with Crippen molar-refractivity contribution in [2.24, 2.45) is 0 Å². The Labute approximate surface area is 99.0 Å². The zero-order chi connectivity index (χ0) is 12.8. The van der Waals surface area contributed by atoms with Crippen molar-refractivity contribution >= 4 is 38.9 Å². The molecule has 0 atom stereocenters. The molecule has 9 heteroatoms. The molecule has 87 valence electrons. The maximum Gasteiger partial charge on any atom is 0.333 e. The molecule has 3 radical (unpaired) electrons. The van der Waals surface area contributed by atoms with Gasteiger partial charge in [-0.25, -0.2) is 4.79 Å². The van der Waals surface area contributed by atoms with Crippen molar-refractivity contribution in [1.29, 1.82) is 0 Å². The van der Waals surface area contributed by atoms with E-state index in [2.05, 4.69) is 9.49 Å². The molecular formula is C8H8B2NO6. The fraction of sp³-hybridized carbons (Fsp3) is 0.500. The first kappa shape index (κ1) is 13.3. The van der Waals surface area contributed by atoms with Gasteiger partial charge in [-0.1, -0.05) is 0 Å². The lowest BCUT2D eigenvalue weighted by Crippen LogP contribution is -2.32. The van der Waals surface area contributed by atoms with E-state index in [1.165, 1.54) is 0 Å². The molecular weight excluding hydrogens is 228 g/mol. The molecule has 1 heterocycles. The second-order valence-electron chi connectivity index (χ2n) is 3.17. The van der Waals surface area contributed by atoms with Crippen LogP contribution in [0.4, 0.5) is 0 Å². The largest absolute Gasteiger partial charge is 0.550 e. The molecule has 0 bridgehead atoms. The van der Waals surface area contributed by atoms with Gasteiger partial charge in [0, 0.05) is 12.8 Å². The number of hydrogen-bond donors (Lipinski definition) is 0. The van der Waals surface area contributed by atoms with E-state index < -0.39 is 23.8 Å². The predicted octanol–water partition coefficient (Wildman–Crippen LogP) is -1.38. The van der Waals surface area contributed by atoms with Crippen LogP contribution in [0, 0.1) is 0 Å². The van der Waals surface area contributed by atoms with E-state index in [1.54, 1.807) is 0 Å². The fourth-order valence-corrected chi connectivity index (χ4v) is 1.14. The molecule has 0 spiro atoms. The number of imide groups is 1. The number of amides is 2. The molecule has 0 aliphatic carbocycles. The second kappa shape index (κ2) is 6.07. The van der Waals surface area contributed by atoms with E-state index in [0.717, 1.165) is 0 Å². The summed E-state index contributed by atoms with van der Waals surface area (Å²) < 4.78 is 4.26. The van der Waals surface area contributed by atoms with Crippen molar-refractivity contribution < 1.29 is 28.7 Å². The summed E-state index contributed by atoms with van der Waals surface area (Å²) in [4.78, 5) is 48.7. The van der Waals surface area contributed by atoms with Crippen LogP contribution in [-0.4, -0.2) is 43.9 Å². The number of hydroxylamine groups is 2. The Hall–Kier alpha value is -1.79. The van der Waals surface area contributed by atoms with Gasteiger partial charge in [0.25, 0.3) is 17.8 Å². The van der Waals surface area contributed by atoms with E-state index in [1.807, 2.05) is 0 Å². The highest BCUT2D eigenvalue weighted by molar-refractivity contribution is 6.86. The molecule has 2 amide bonds. The Morgan fingerprint density at radius 1 is 1.18 bits per heavy atom. The average molecular weight is 236 g/mol. The minimum Gasteiger partial charge on any atom is -0.550 e. The Bertz CT molecular complexity index is 342. The van der Waals surface area contributed by atoms with Crippen LogP contribution in [0.1, 0.15) is 25.7 Å². The molecule has 1 aliphatic rings. The number of carbonyl (C=O) groups excluding carboxylic acids is 4. The van der Waals surface area contributed by atoms with Gasteiger partial charge < -0.3 is 9.49 Å². The number of hydrogen-bond acceptors (Lipinski definition) is 6. The van der Waals surface area contributed by atoms with Gasteiger partial charge in [0.1, 0.15) is 0 Å². The molecule has 0 unspecified atom stereocenters. The summed E-state index contributed by atoms with van der Waals surface area (Å²) >= 11 is 0. The topological polar surface area (TPSA) is 90.0 Å². The van der Waals surface area contributed by atoms with Crippen LogP contribution in [0.5, 0.6) is 0 Å². The van der Waals surface area contributed by atoms with Gasteiger partial charge >= 0.3 is 13.3 Å². The maximum absolute atomic E-state index is 11.2. The zero-order valence-electron chi connectivity index (χ0n) is 8.88. The SMILES string of the molecule is [B][B]OC(=O)CCC(=O)ON1C(=O)CCC1=O. The first-order chi connectivity index (χ1) is 8.04. The summed E-state index contributed by atoms with van der Waals surface area (Å²) in [5.74, 6) is -2.70. The van der Waals surface area contributed by atoms with Crippen molar-refractivity contribution in [3.05, 3.63) is 0 Å². The molecule has 0 aromatic rings. The lowest BCUT2D eigenvalue weighted by molar-refractivity contribution is -0.197. The minimum absolute atomic E-state index is 0.0241. The predicted molar refractivity (Wildman–Crippen MR) is 54.0 cm³/mol. The lowest BCUT2D eigenvalue weighted by Gasteiger charge is -2.12. The number of nitrogens with zero attached hydrogens (tertiary/aromatic N) is 1. The summed E-state index contributed by atoms with van der Waals surface area (Å²) in [5, 5.41) is 0.419. The highest BCUT2D eigenvalue weighted by atomic mass is 16.7. The van der Waals surface area contributed by atoms with E-state index in [4.69, 9.17) is 7.74 Å². The molecule has 17 heavy (non-hydrogen) atoms. The van der Waals surface area contributed by atoms with Crippen LogP contribution in [0.3, 0.4) is 0 Å². The molecule has 1 fully saturated rings. The molecule has 1 rings (SSSR count). The Morgan fingerprint density at radius 3 is 2.24 bits per heavy atom. The van der Waals surface area contributed by atoms with Crippen molar-refractivity contribution in [1.82, 2.24) is 5.06 Å². The van der Waals surface area contributed by atoms with Gasteiger partial charge in [-0.05, 0) is 0 Å². The summed E-state index contributed by atoms with van der Waals surface area (Å²) in [6.07, 6.45) is -0.501. The Balaban J connectivity index is 2.32. The van der Waals surface area contributed by atoms with Crippen molar-refractivity contribution in [3.63, 3.8) is 0 Å². The summed E-state index contributed by atoms with van der Waals surface area (Å²) in [5.41, 5.74) is 0. The van der Waals surface area contributed by atoms with Crippen molar-refractivity contribution in [2.45, 2.75) is 25.7 Å². The zero-order valence-corrected chi connectivity index (χ0v) is 8.88. The molecule has 1 aliphatic heterocycles. The Kier molecular flexibility index (Phi) is 4.74.